The summed E-state index contributed by atoms with van der Waals surface area (Å²) in [6, 6.07) is 19.2. The van der Waals surface area contributed by atoms with E-state index in [4.69, 9.17) is 6.57 Å². The van der Waals surface area contributed by atoms with Gasteiger partial charge in [0.25, 0.3) is 5.91 Å². The van der Waals surface area contributed by atoms with E-state index in [1.54, 1.807) is 34.8 Å². The molecule has 0 fully saturated rings. The van der Waals surface area contributed by atoms with E-state index in [-0.39, 0.29) is 19.5 Å². The van der Waals surface area contributed by atoms with Crippen molar-refractivity contribution in [3.05, 3.63) is 92.9 Å². The van der Waals surface area contributed by atoms with Crippen LogP contribution >= 0.6 is 22.7 Å². The van der Waals surface area contributed by atoms with Crippen LogP contribution in [0.1, 0.15) is 33.8 Å². The van der Waals surface area contributed by atoms with Gasteiger partial charge in [0, 0.05) is 28.7 Å². The number of hydrogen-bond acceptors (Lipinski definition) is 5. The van der Waals surface area contributed by atoms with E-state index >= 15 is 0 Å². The second kappa shape index (κ2) is 8.58. The van der Waals surface area contributed by atoms with Gasteiger partial charge in [-0.1, -0.05) is 31.7 Å². The number of carbonyl (C=O) groups excluding carboxylic acids is 1. The summed E-state index contributed by atoms with van der Waals surface area (Å²) in [6.45, 7) is 9.34. The van der Waals surface area contributed by atoms with Gasteiger partial charge >= 0.3 is 0 Å². The number of para-hydroxylation sites is 1. The number of rotatable bonds is 3. The van der Waals surface area contributed by atoms with Crippen LogP contribution < -0.4 is 9.80 Å². The standard InChI is InChI=1S/C24H18N4OS2.CH4/c1-15-26-19(14-30-15)21-11-12-22(31-21)23-27(3)20-10-9-16(25-2)13-18(20)24(29)28(23)17-7-5-4-6-8-17;/h4-14,23H,1,3H3;1H4. The van der Waals surface area contributed by atoms with Gasteiger partial charge in [0.2, 0.25) is 0 Å². The SMILES string of the molecule is C.[C-]#[N+]c1ccc2c(c1)C(=O)N(c1ccccc1)C(c1ccc(-c3csc(C)n3)s1)N2C. The molecule has 3 heterocycles. The van der Waals surface area contributed by atoms with Crippen molar-refractivity contribution in [1.82, 2.24) is 4.98 Å². The molecule has 0 radical (unpaired) electrons. The van der Waals surface area contributed by atoms with Gasteiger partial charge in [-0.2, -0.15) is 0 Å². The molecule has 0 saturated carbocycles. The maximum absolute atomic E-state index is 13.7. The number of hydrogen-bond donors (Lipinski definition) is 0. The smallest absolute Gasteiger partial charge is 0.261 e. The highest BCUT2D eigenvalue weighted by Gasteiger charge is 2.38. The van der Waals surface area contributed by atoms with Crippen LogP contribution in [0.5, 0.6) is 0 Å². The Morgan fingerprint density at radius 3 is 2.56 bits per heavy atom. The highest BCUT2D eigenvalue weighted by Crippen LogP contribution is 2.44. The molecule has 0 aliphatic carbocycles. The zero-order valence-electron chi connectivity index (χ0n) is 16.9. The van der Waals surface area contributed by atoms with Gasteiger partial charge in [-0.15, -0.1) is 22.7 Å². The molecule has 5 nitrogen and oxygen atoms in total. The van der Waals surface area contributed by atoms with E-state index < -0.39 is 0 Å². The highest BCUT2D eigenvalue weighted by atomic mass is 32.1. The number of carbonyl (C=O) groups is 1. The van der Waals surface area contributed by atoms with Gasteiger partial charge in [0.05, 0.1) is 27.7 Å². The molecule has 2 aromatic carbocycles. The third-order valence-corrected chi connectivity index (χ3v) is 7.26. The van der Waals surface area contributed by atoms with Crippen LogP contribution in [0.25, 0.3) is 15.4 Å². The maximum atomic E-state index is 13.7. The number of thiazole rings is 1. The zero-order chi connectivity index (χ0) is 21.5. The summed E-state index contributed by atoms with van der Waals surface area (Å²) in [6.07, 6.45) is -0.292. The Hall–Kier alpha value is -3.47. The summed E-state index contributed by atoms with van der Waals surface area (Å²) in [5.74, 6) is -0.103. The van der Waals surface area contributed by atoms with E-state index in [0.717, 1.165) is 31.8 Å². The first kappa shape index (κ1) is 21.8. The molecule has 0 saturated heterocycles. The van der Waals surface area contributed by atoms with Crippen LogP contribution in [0.4, 0.5) is 17.1 Å². The summed E-state index contributed by atoms with van der Waals surface area (Å²) in [5.41, 5.74) is 3.63. The number of nitrogens with zero attached hydrogens (tertiary/aromatic N) is 4. The molecular formula is C25H22N4OS2. The van der Waals surface area contributed by atoms with Crippen LogP contribution in [0.3, 0.4) is 0 Å². The predicted molar refractivity (Wildman–Crippen MR) is 134 cm³/mol. The van der Waals surface area contributed by atoms with E-state index in [1.165, 1.54) is 0 Å². The van der Waals surface area contributed by atoms with Gasteiger partial charge in [-0.25, -0.2) is 9.83 Å². The van der Waals surface area contributed by atoms with E-state index in [2.05, 4.69) is 32.2 Å². The van der Waals surface area contributed by atoms with Crippen molar-refractivity contribution < 1.29 is 4.79 Å². The summed E-state index contributed by atoms with van der Waals surface area (Å²) >= 11 is 3.29. The molecule has 1 aliphatic rings. The number of aryl methyl sites for hydroxylation is 1. The molecule has 7 heteroatoms. The first-order chi connectivity index (χ1) is 15.1. The molecule has 0 spiro atoms. The Labute approximate surface area is 196 Å². The minimum atomic E-state index is -0.292. The lowest BCUT2D eigenvalue weighted by molar-refractivity contribution is 0.0970. The third-order valence-electron chi connectivity index (χ3n) is 5.34. The normalized spacial score (nSPS) is 15.2. The fourth-order valence-electron chi connectivity index (χ4n) is 3.89. The van der Waals surface area contributed by atoms with E-state index in [0.29, 0.717) is 11.3 Å². The van der Waals surface area contributed by atoms with Gasteiger partial charge in [-0.05, 0) is 43.3 Å². The van der Waals surface area contributed by atoms with Crippen LogP contribution in [0.2, 0.25) is 0 Å². The van der Waals surface area contributed by atoms with Crippen molar-refractivity contribution >= 4 is 45.6 Å². The van der Waals surface area contributed by atoms with Crippen LogP contribution in [0, 0.1) is 13.5 Å². The van der Waals surface area contributed by atoms with Crippen molar-refractivity contribution in [2.75, 3.05) is 16.8 Å². The Balaban J connectivity index is 0.00000245. The second-order valence-electron chi connectivity index (χ2n) is 7.26. The van der Waals surface area contributed by atoms with Crippen molar-refractivity contribution in [3.8, 4) is 10.6 Å². The quantitative estimate of drug-likeness (QED) is 0.306. The Bertz CT molecular complexity index is 1320. The Morgan fingerprint density at radius 2 is 1.88 bits per heavy atom. The van der Waals surface area contributed by atoms with E-state index in [9.17, 15) is 4.79 Å². The largest absolute Gasteiger partial charge is 0.349 e. The van der Waals surface area contributed by atoms with Gasteiger partial charge < -0.3 is 4.90 Å². The van der Waals surface area contributed by atoms with Crippen molar-refractivity contribution in [3.63, 3.8) is 0 Å². The topological polar surface area (TPSA) is 40.8 Å². The average molecular weight is 459 g/mol. The average Bonchev–Trinajstić information content (AvgIpc) is 3.45. The van der Waals surface area contributed by atoms with Crippen LogP contribution in [0.15, 0.2) is 66.0 Å². The lowest BCUT2D eigenvalue weighted by Gasteiger charge is -2.43. The second-order valence-corrected chi connectivity index (χ2v) is 9.44. The Kier molecular flexibility index (Phi) is 5.83. The summed E-state index contributed by atoms with van der Waals surface area (Å²) < 4.78 is 0. The molecular weight excluding hydrogens is 436 g/mol. The molecule has 0 N–H and O–H groups in total. The fraction of sp³-hybridized carbons (Fsp3) is 0.160. The zero-order valence-corrected chi connectivity index (χ0v) is 18.6. The molecule has 2 aromatic heterocycles. The number of benzene rings is 2. The third kappa shape index (κ3) is 3.58. The first-order valence-electron chi connectivity index (χ1n) is 9.72. The van der Waals surface area contributed by atoms with Crippen LogP contribution in [-0.2, 0) is 0 Å². The lowest BCUT2D eigenvalue weighted by Crippen LogP contribution is -2.47. The minimum Gasteiger partial charge on any atom is -0.349 e. The maximum Gasteiger partial charge on any atom is 0.261 e. The molecule has 1 unspecified atom stereocenters. The number of aromatic nitrogens is 1. The van der Waals surface area contributed by atoms with Crippen LogP contribution in [-0.4, -0.2) is 17.9 Å². The van der Waals surface area contributed by atoms with Gasteiger partial charge in [0.15, 0.2) is 5.69 Å². The van der Waals surface area contributed by atoms with Crippen molar-refractivity contribution in [1.29, 1.82) is 0 Å². The first-order valence-corrected chi connectivity index (χ1v) is 11.4. The number of amides is 1. The molecule has 0 bridgehead atoms. The molecule has 4 aromatic rings. The fourth-order valence-corrected chi connectivity index (χ4v) is 5.68. The molecule has 160 valence electrons. The molecule has 1 aliphatic heterocycles. The number of thiophene rings is 1. The van der Waals surface area contributed by atoms with Gasteiger partial charge in [-0.3, -0.25) is 9.69 Å². The molecule has 32 heavy (non-hydrogen) atoms. The summed E-state index contributed by atoms with van der Waals surface area (Å²) in [4.78, 5) is 27.9. The molecule has 1 amide bonds. The number of fused-ring (bicyclic) bond motifs is 1. The highest BCUT2D eigenvalue weighted by molar-refractivity contribution is 7.16. The number of anilines is 2. The lowest BCUT2D eigenvalue weighted by atomic mass is 10.0. The van der Waals surface area contributed by atoms with Gasteiger partial charge in [0.1, 0.15) is 6.17 Å². The van der Waals surface area contributed by atoms with E-state index in [1.807, 2.05) is 55.3 Å². The predicted octanol–water partition coefficient (Wildman–Crippen LogP) is 7.16. The minimum absolute atomic E-state index is 0. The molecule has 1 atom stereocenters. The molecule has 5 rings (SSSR count). The van der Waals surface area contributed by atoms with Crippen molar-refractivity contribution in [2.24, 2.45) is 0 Å². The summed E-state index contributed by atoms with van der Waals surface area (Å²) in [5, 5.41) is 3.10. The van der Waals surface area contributed by atoms with Crippen molar-refractivity contribution in [2.45, 2.75) is 20.5 Å². The Morgan fingerprint density at radius 1 is 1.09 bits per heavy atom. The monoisotopic (exact) mass is 458 g/mol. The summed E-state index contributed by atoms with van der Waals surface area (Å²) in [7, 11) is 2.00.